The lowest BCUT2D eigenvalue weighted by atomic mass is 10.0. The van der Waals surface area contributed by atoms with Gasteiger partial charge in [0.2, 0.25) is 11.8 Å². The lowest BCUT2D eigenvalue weighted by Crippen LogP contribution is -2.63. The summed E-state index contributed by atoms with van der Waals surface area (Å²) in [5.74, 6) is 0.596. The molecule has 6 heteroatoms. The second-order valence-corrected chi connectivity index (χ2v) is 7.21. The fraction of sp³-hybridized carbons (Fsp3) is 0.333. The Balaban J connectivity index is 1.75. The minimum Gasteiger partial charge on any atom is -0.491 e. The fourth-order valence-corrected chi connectivity index (χ4v) is 3.50. The highest BCUT2D eigenvalue weighted by atomic mass is 35.5. The second-order valence-electron chi connectivity index (χ2n) is 6.78. The summed E-state index contributed by atoms with van der Waals surface area (Å²) in [6, 6.07) is 15.9. The average molecular weight is 387 g/mol. The molecule has 0 aliphatic carbocycles. The Morgan fingerprint density at radius 1 is 1.15 bits per heavy atom. The van der Waals surface area contributed by atoms with Crippen molar-refractivity contribution in [1.29, 1.82) is 0 Å². The number of ether oxygens (including phenoxy) is 1. The third-order valence-electron chi connectivity index (χ3n) is 4.77. The number of likely N-dealkylation sites (N-methyl/N-ethyl adjacent to an activating group) is 1. The van der Waals surface area contributed by atoms with E-state index in [0.29, 0.717) is 18.2 Å². The van der Waals surface area contributed by atoms with Crippen LogP contribution in [0.4, 0.5) is 0 Å². The van der Waals surface area contributed by atoms with Gasteiger partial charge in [-0.2, -0.15) is 0 Å². The fourth-order valence-electron chi connectivity index (χ4n) is 3.38. The average Bonchev–Trinajstić information content (AvgIpc) is 2.67. The molecule has 0 unspecified atom stereocenters. The first-order chi connectivity index (χ1) is 13.0. The van der Waals surface area contributed by atoms with Gasteiger partial charge < -0.3 is 14.5 Å². The zero-order chi connectivity index (χ0) is 19.4. The van der Waals surface area contributed by atoms with Crippen molar-refractivity contribution in [3.8, 4) is 5.75 Å². The molecule has 3 rings (SSSR count). The standard InChI is InChI=1S/C21H23ClN2O3/c1-15-21(26)23(2)13-18(14-27-19-6-4-3-5-7-19)24(15)20(25)12-16-8-10-17(22)11-9-16/h3-11,15,18H,12-14H2,1-2H3/t15-,18-/m0/s1. The number of carbonyl (C=O) groups excluding carboxylic acids is 2. The maximum absolute atomic E-state index is 13.0. The van der Waals surface area contributed by atoms with Crippen molar-refractivity contribution in [2.75, 3.05) is 20.2 Å². The number of halogens is 1. The van der Waals surface area contributed by atoms with Gasteiger partial charge in [0.05, 0.1) is 12.5 Å². The molecule has 0 bridgehead atoms. The van der Waals surface area contributed by atoms with Crippen molar-refractivity contribution in [3.63, 3.8) is 0 Å². The molecule has 5 nitrogen and oxygen atoms in total. The van der Waals surface area contributed by atoms with Crippen LogP contribution in [0.3, 0.4) is 0 Å². The highest BCUT2D eigenvalue weighted by Gasteiger charge is 2.39. The van der Waals surface area contributed by atoms with Gasteiger partial charge in [-0.3, -0.25) is 9.59 Å². The number of benzene rings is 2. The van der Waals surface area contributed by atoms with E-state index >= 15 is 0 Å². The molecule has 27 heavy (non-hydrogen) atoms. The van der Waals surface area contributed by atoms with Gasteiger partial charge >= 0.3 is 0 Å². The molecular formula is C21H23ClN2O3. The van der Waals surface area contributed by atoms with Crippen LogP contribution in [0.15, 0.2) is 54.6 Å². The number of hydrogen-bond donors (Lipinski definition) is 0. The van der Waals surface area contributed by atoms with E-state index in [2.05, 4.69) is 0 Å². The minimum absolute atomic E-state index is 0.0598. The molecule has 2 atom stereocenters. The van der Waals surface area contributed by atoms with E-state index < -0.39 is 6.04 Å². The zero-order valence-electron chi connectivity index (χ0n) is 15.5. The number of carbonyl (C=O) groups is 2. The van der Waals surface area contributed by atoms with Crippen LogP contribution in [0.1, 0.15) is 12.5 Å². The van der Waals surface area contributed by atoms with Crippen molar-refractivity contribution >= 4 is 23.4 Å². The van der Waals surface area contributed by atoms with Crippen LogP contribution in [0, 0.1) is 0 Å². The molecular weight excluding hydrogens is 364 g/mol. The third-order valence-corrected chi connectivity index (χ3v) is 5.02. The summed E-state index contributed by atoms with van der Waals surface area (Å²) >= 11 is 5.92. The van der Waals surface area contributed by atoms with Crippen LogP contribution in [-0.4, -0.2) is 53.9 Å². The van der Waals surface area contributed by atoms with Crippen molar-refractivity contribution in [2.45, 2.75) is 25.4 Å². The molecule has 1 saturated heterocycles. The van der Waals surface area contributed by atoms with Crippen molar-refractivity contribution in [2.24, 2.45) is 0 Å². The second kappa shape index (κ2) is 8.44. The van der Waals surface area contributed by atoms with Crippen LogP contribution in [-0.2, 0) is 16.0 Å². The summed E-state index contributed by atoms with van der Waals surface area (Å²) in [4.78, 5) is 28.8. The van der Waals surface area contributed by atoms with E-state index in [-0.39, 0.29) is 24.3 Å². The van der Waals surface area contributed by atoms with E-state index in [9.17, 15) is 9.59 Å². The van der Waals surface area contributed by atoms with Gasteiger partial charge in [0.1, 0.15) is 18.4 Å². The summed E-state index contributed by atoms with van der Waals surface area (Å²) in [6.07, 6.45) is 0.223. The first-order valence-electron chi connectivity index (χ1n) is 8.94. The lowest BCUT2D eigenvalue weighted by molar-refractivity contribution is -0.154. The molecule has 2 amide bonds. The Labute approximate surface area is 164 Å². The number of para-hydroxylation sites is 1. The first-order valence-corrected chi connectivity index (χ1v) is 9.32. The number of amides is 2. The molecule has 142 valence electrons. The lowest BCUT2D eigenvalue weighted by Gasteiger charge is -2.43. The van der Waals surface area contributed by atoms with E-state index in [1.807, 2.05) is 42.5 Å². The largest absolute Gasteiger partial charge is 0.491 e. The number of rotatable bonds is 5. The van der Waals surface area contributed by atoms with Gasteiger partial charge in [0.15, 0.2) is 0 Å². The number of hydrogen-bond acceptors (Lipinski definition) is 3. The molecule has 0 radical (unpaired) electrons. The summed E-state index contributed by atoms with van der Waals surface area (Å²) in [5, 5.41) is 0.628. The van der Waals surface area contributed by atoms with Crippen molar-refractivity contribution < 1.29 is 14.3 Å². The van der Waals surface area contributed by atoms with E-state index in [4.69, 9.17) is 16.3 Å². The number of nitrogens with zero attached hydrogens (tertiary/aromatic N) is 2. The maximum Gasteiger partial charge on any atom is 0.244 e. The molecule has 2 aromatic rings. The third kappa shape index (κ3) is 4.61. The highest BCUT2D eigenvalue weighted by molar-refractivity contribution is 6.30. The van der Waals surface area contributed by atoms with Gasteiger partial charge in [-0.25, -0.2) is 0 Å². The summed E-state index contributed by atoms with van der Waals surface area (Å²) in [7, 11) is 1.76. The topological polar surface area (TPSA) is 49.9 Å². The van der Waals surface area contributed by atoms with E-state index in [1.54, 1.807) is 35.9 Å². The monoisotopic (exact) mass is 386 g/mol. The van der Waals surface area contributed by atoms with E-state index in [0.717, 1.165) is 11.3 Å². The van der Waals surface area contributed by atoms with Gasteiger partial charge in [-0.05, 0) is 36.8 Å². The smallest absolute Gasteiger partial charge is 0.244 e. The molecule has 0 aromatic heterocycles. The minimum atomic E-state index is -0.520. The van der Waals surface area contributed by atoms with Crippen molar-refractivity contribution in [1.82, 2.24) is 9.80 Å². The van der Waals surface area contributed by atoms with Crippen LogP contribution in [0.25, 0.3) is 0 Å². The predicted molar refractivity (Wildman–Crippen MR) is 105 cm³/mol. The molecule has 0 N–H and O–H groups in total. The quantitative estimate of drug-likeness (QED) is 0.793. The zero-order valence-corrected chi connectivity index (χ0v) is 16.2. The molecule has 1 aliphatic heterocycles. The predicted octanol–water partition coefficient (Wildman–Crippen LogP) is 3.02. The van der Waals surface area contributed by atoms with Crippen LogP contribution >= 0.6 is 11.6 Å². The molecule has 2 aromatic carbocycles. The molecule has 1 aliphatic rings. The maximum atomic E-state index is 13.0. The summed E-state index contributed by atoms with van der Waals surface area (Å²) < 4.78 is 5.87. The van der Waals surface area contributed by atoms with E-state index in [1.165, 1.54) is 0 Å². The SMILES string of the molecule is C[C@H]1C(=O)N(C)C[C@@H](COc2ccccc2)N1C(=O)Cc1ccc(Cl)cc1. The number of piperazine rings is 1. The molecule has 0 saturated carbocycles. The Morgan fingerprint density at radius 2 is 1.81 bits per heavy atom. The molecule has 1 heterocycles. The Hall–Kier alpha value is -2.53. The van der Waals surface area contributed by atoms with Crippen LogP contribution in [0.2, 0.25) is 5.02 Å². The Kier molecular flexibility index (Phi) is 6.01. The first kappa shape index (κ1) is 19.2. The van der Waals surface area contributed by atoms with Gasteiger partial charge in [0, 0.05) is 18.6 Å². The van der Waals surface area contributed by atoms with Crippen molar-refractivity contribution in [3.05, 3.63) is 65.2 Å². The Morgan fingerprint density at radius 3 is 2.48 bits per heavy atom. The highest BCUT2D eigenvalue weighted by Crippen LogP contribution is 2.20. The summed E-state index contributed by atoms with van der Waals surface area (Å²) in [5.41, 5.74) is 0.866. The summed E-state index contributed by atoms with van der Waals surface area (Å²) in [6.45, 7) is 2.55. The van der Waals surface area contributed by atoms with Gasteiger partial charge in [0.25, 0.3) is 0 Å². The van der Waals surface area contributed by atoms with Gasteiger partial charge in [-0.1, -0.05) is 41.9 Å². The normalized spacial score (nSPS) is 19.9. The van der Waals surface area contributed by atoms with Crippen LogP contribution in [0.5, 0.6) is 5.75 Å². The molecule has 1 fully saturated rings. The van der Waals surface area contributed by atoms with Crippen LogP contribution < -0.4 is 4.74 Å². The molecule has 0 spiro atoms. The Bertz CT molecular complexity index is 795. The van der Waals surface area contributed by atoms with Gasteiger partial charge in [-0.15, -0.1) is 0 Å².